The molecule has 0 aliphatic carbocycles. The Balaban J connectivity index is 1.78. The van der Waals surface area contributed by atoms with Gasteiger partial charge in [-0.15, -0.1) is 0 Å². The standard InChI is InChI=1S/C20H23ClN2O3/c1-14(2)11-20(25)23-9-7-22(8-10-23)18-5-3-15(21)12-17(18)19-6-4-16(13-24)26-19/h3-6,12-14H,7-11H2,1-2H3. The predicted molar refractivity (Wildman–Crippen MR) is 103 cm³/mol. The number of hydrogen-bond donors (Lipinski definition) is 0. The molecule has 2 heterocycles. The van der Waals surface area contributed by atoms with Crippen molar-refractivity contribution in [3.05, 3.63) is 41.1 Å². The number of benzene rings is 1. The number of carbonyl (C=O) groups is 2. The molecule has 0 bridgehead atoms. The van der Waals surface area contributed by atoms with Crippen molar-refractivity contribution in [1.29, 1.82) is 0 Å². The summed E-state index contributed by atoms with van der Waals surface area (Å²) >= 11 is 6.18. The smallest absolute Gasteiger partial charge is 0.222 e. The molecule has 0 spiro atoms. The van der Waals surface area contributed by atoms with Crippen LogP contribution in [0.4, 0.5) is 5.69 Å². The number of anilines is 1. The molecule has 1 aromatic carbocycles. The van der Waals surface area contributed by atoms with Crippen LogP contribution in [0.2, 0.25) is 5.02 Å². The van der Waals surface area contributed by atoms with Gasteiger partial charge in [-0.05, 0) is 36.2 Å². The first-order chi connectivity index (χ1) is 12.5. The maximum absolute atomic E-state index is 12.3. The second-order valence-corrected chi connectivity index (χ2v) is 7.38. The fourth-order valence-electron chi connectivity index (χ4n) is 3.22. The van der Waals surface area contributed by atoms with E-state index in [0.29, 0.717) is 42.5 Å². The van der Waals surface area contributed by atoms with Gasteiger partial charge >= 0.3 is 0 Å². The summed E-state index contributed by atoms with van der Waals surface area (Å²) in [6, 6.07) is 9.09. The Bertz CT molecular complexity index is 792. The summed E-state index contributed by atoms with van der Waals surface area (Å²) in [6.45, 7) is 7.02. The molecule has 0 N–H and O–H groups in total. The number of hydrogen-bond acceptors (Lipinski definition) is 4. The molecule has 0 radical (unpaired) electrons. The summed E-state index contributed by atoms with van der Waals surface area (Å²) in [5.74, 6) is 1.49. The summed E-state index contributed by atoms with van der Waals surface area (Å²) in [5.41, 5.74) is 1.85. The van der Waals surface area contributed by atoms with E-state index in [1.165, 1.54) is 0 Å². The normalized spacial score (nSPS) is 14.8. The molecule has 138 valence electrons. The first kappa shape index (κ1) is 18.5. The van der Waals surface area contributed by atoms with Crippen LogP contribution in [-0.4, -0.2) is 43.3 Å². The van der Waals surface area contributed by atoms with Gasteiger partial charge in [-0.1, -0.05) is 25.4 Å². The highest BCUT2D eigenvalue weighted by atomic mass is 35.5. The third-order valence-corrected chi connectivity index (χ3v) is 4.76. The van der Waals surface area contributed by atoms with E-state index >= 15 is 0 Å². The molecule has 1 aliphatic rings. The Morgan fingerprint density at radius 3 is 2.54 bits per heavy atom. The number of carbonyl (C=O) groups excluding carboxylic acids is 2. The van der Waals surface area contributed by atoms with Gasteiger partial charge < -0.3 is 14.2 Å². The van der Waals surface area contributed by atoms with Crippen LogP contribution in [0.5, 0.6) is 0 Å². The van der Waals surface area contributed by atoms with Crippen LogP contribution in [0.15, 0.2) is 34.7 Å². The first-order valence-corrected chi connectivity index (χ1v) is 9.23. The van der Waals surface area contributed by atoms with Gasteiger partial charge in [0.1, 0.15) is 5.76 Å². The summed E-state index contributed by atoms with van der Waals surface area (Å²) in [6.07, 6.45) is 1.28. The van der Waals surface area contributed by atoms with E-state index in [1.54, 1.807) is 12.1 Å². The van der Waals surface area contributed by atoms with Crippen molar-refractivity contribution in [1.82, 2.24) is 4.90 Å². The highest BCUT2D eigenvalue weighted by Crippen LogP contribution is 2.35. The number of aldehydes is 1. The monoisotopic (exact) mass is 374 g/mol. The van der Waals surface area contributed by atoms with Crippen LogP contribution < -0.4 is 4.90 Å². The van der Waals surface area contributed by atoms with Gasteiger partial charge in [0.2, 0.25) is 5.91 Å². The van der Waals surface area contributed by atoms with Crippen molar-refractivity contribution in [2.75, 3.05) is 31.1 Å². The summed E-state index contributed by atoms with van der Waals surface area (Å²) < 4.78 is 5.59. The molecule has 0 atom stereocenters. The highest BCUT2D eigenvalue weighted by molar-refractivity contribution is 6.31. The lowest BCUT2D eigenvalue weighted by Gasteiger charge is -2.37. The third kappa shape index (κ3) is 4.10. The number of amides is 1. The van der Waals surface area contributed by atoms with Crippen molar-refractivity contribution < 1.29 is 14.0 Å². The van der Waals surface area contributed by atoms with Crippen LogP contribution in [0.1, 0.15) is 30.8 Å². The van der Waals surface area contributed by atoms with Crippen molar-refractivity contribution >= 4 is 29.5 Å². The largest absolute Gasteiger partial charge is 0.453 e. The maximum Gasteiger partial charge on any atom is 0.222 e. The van der Waals surface area contributed by atoms with E-state index in [-0.39, 0.29) is 11.7 Å². The average molecular weight is 375 g/mol. The minimum Gasteiger partial charge on any atom is -0.453 e. The molecular weight excluding hydrogens is 352 g/mol. The zero-order valence-corrected chi connectivity index (χ0v) is 15.8. The minimum atomic E-state index is 0.220. The predicted octanol–water partition coefficient (Wildman–Crippen LogP) is 4.11. The number of rotatable bonds is 5. The van der Waals surface area contributed by atoms with E-state index in [1.807, 2.05) is 23.1 Å². The molecule has 1 aromatic heterocycles. The number of furan rings is 1. The van der Waals surface area contributed by atoms with Crippen molar-refractivity contribution in [2.24, 2.45) is 5.92 Å². The Morgan fingerprint density at radius 1 is 1.19 bits per heavy atom. The Labute approximate surface area is 158 Å². The Kier molecular flexibility index (Phi) is 5.67. The first-order valence-electron chi connectivity index (χ1n) is 8.85. The van der Waals surface area contributed by atoms with Crippen molar-refractivity contribution in [2.45, 2.75) is 20.3 Å². The molecule has 0 saturated carbocycles. The zero-order chi connectivity index (χ0) is 18.7. The fraction of sp³-hybridized carbons (Fsp3) is 0.400. The highest BCUT2D eigenvalue weighted by Gasteiger charge is 2.24. The number of piperazine rings is 1. The van der Waals surface area contributed by atoms with Gasteiger partial charge in [0.05, 0.1) is 0 Å². The second kappa shape index (κ2) is 7.96. The van der Waals surface area contributed by atoms with Crippen LogP contribution in [0.25, 0.3) is 11.3 Å². The van der Waals surface area contributed by atoms with Gasteiger partial charge in [0.15, 0.2) is 12.0 Å². The molecule has 1 amide bonds. The molecule has 6 heteroatoms. The topological polar surface area (TPSA) is 53.8 Å². The molecule has 2 aromatic rings. The Morgan fingerprint density at radius 2 is 1.92 bits per heavy atom. The van der Waals surface area contributed by atoms with Crippen LogP contribution in [0, 0.1) is 5.92 Å². The van der Waals surface area contributed by atoms with Gasteiger partial charge in [-0.3, -0.25) is 9.59 Å². The van der Waals surface area contributed by atoms with Gasteiger partial charge in [0, 0.05) is 48.9 Å². The maximum atomic E-state index is 12.3. The molecule has 5 nitrogen and oxygen atoms in total. The van der Waals surface area contributed by atoms with E-state index in [2.05, 4.69) is 18.7 Å². The van der Waals surface area contributed by atoms with E-state index < -0.39 is 0 Å². The average Bonchev–Trinajstić information content (AvgIpc) is 3.10. The summed E-state index contributed by atoms with van der Waals surface area (Å²) in [7, 11) is 0. The van der Waals surface area contributed by atoms with Crippen LogP contribution in [-0.2, 0) is 4.79 Å². The molecular formula is C20H23ClN2O3. The molecule has 1 fully saturated rings. The van der Waals surface area contributed by atoms with E-state index in [9.17, 15) is 9.59 Å². The fourth-order valence-corrected chi connectivity index (χ4v) is 3.39. The van der Waals surface area contributed by atoms with Gasteiger partial charge in [0.25, 0.3) is 0 Å². The molecule has 26 heavy (non-hydrogen) atoms. The molecule has 1 saturated heterocycles. The van der Waals surface area contributed by atoms with Gasteiger partial charge in [-0.2, -0.15) is 0 Å². The molecule has 1 aliphatic heterocycles. The summed E-state index contributed by atoms with van der Waals surface area (Å²) in [5, 5.41) is 0.610. The lowest BCUT2D eigenvalue weighted by Crippen LogP contribution is -2.49. The second-order valence-electron chi connectivity index (χ2n) is 6.95. The van der Waals surface area contributed by atoms with E-state index in [0.717, 1.165) is 24.3 Å². The summed E-state index contributed by atoms with van der Waals surface area (Å²) in [4.78, 5) is 27.3. The third-order valence-electron chi connectivity index (χ3n) is 4.52. The lowest BCUT2D eigenvalue weighted by atomic mass is 10.1. The quantitative estimate of drug-likeness (QED) is 0.739. The van der Waals surface area contributed by atoms with Gasteiger partial charge in [-0.25, -0.2) is 0 Å². The SMILES string of the molecule is CC(C)CC(=O)N1CCN(c2ccc(Cl)cc2-c2ccc(C=O)o2)CC1. The lowest BCUT2D eigenvalue weighted by molar-refractivity contribution is -0.132. The zero-order valence-electron chi connectivity index (χ0n) is 15.1. The van der Waals surface area contributed by atoms with E-state index in [4.69, 9.17) is 16.0 Å². The minimum absolute atomic E-state index is 0.220. The van der Waals surface area contributed by atoms with Crippen LogP contribution >= 0.6 is 11.6 Å². The van der Waals surface area contributed by atoms with Crippen LogP contribution in [0.3, 0.4) is 0 Å². The van der Waals surface area contributed by atoms with Crippen molar-refractivity contribution in [3.63, 3.8) is 0 Å². The number of nitrogens with zero attached hydrogens (tertiary/aromatic N) is 2. The molecule has 3 rings (SSSR count). The number of halogens is 1. The molecule has 0 unspecified atom stereocenters. The Hall–Kier alpha value is -2.27. The van der Waals surface area contributed by atoms with Crippen molar-refractivity contribution in [3.8, 4) is 11.3 Å².